The van der Waals surface area contributed by atoms with Gasteiger partial charge in [-0.3, -0.25) is 19.3 Å². The summed E-state index contributed by atoms with van der Waals surface area (Å²) in [6, 6.07) is 30.7. The highest BCUT2D eigenvalue weighted by Gasteiger charge is 2.67. The SMILES string of the molecule is C[C@@H]1[C@@H]([Si](C)(C)F)[C@H](CC(=O)N2Cc3ccccc3C[C@H]2CO)O[C@@]12C(=O)N(Cc1ccc(N3CN(c4ccccc4)C4(CCNCC4)C3=O)cc1)c1ccc(Cl)cc12. The molecule has 0 aliphatic carbocycles. The number of aliphatic hydroxyl groups excluding tert-OH is 1. The number of ether oxygens (including phenoxy) is 1. The topological polar surface area (TPSA) is 106 Å². The van der Waals surface area contributed by atoms with E-state index in [0.29, 0.717) is 48.7 Å². The maximum Gasteiger partial charge on any atom is 0.264 e. The van der Waals surface area contributed by atoms with Crippen molar-refractivity contribution in [1.82, 2.24) is 10.2 Å². The molecule has 9 rings (SSSR count). The molecule has 0 saturated carbocycles. The molecule has 3 fully saturated rings. The number of carbonyl (C=O) groups is 3. The molecule has 3 amide bonds. The van der Waals surface area contributed by atoms with Gasteiger partial charge in [0.2, 0.25) is 14.3 Å². The van der Waals surface area contributed by atoms with Crippen molar-refractivity contribution in [3.63, 3.8) is 0 Å². The number of halogens is 2. The summed E-state index contributed by atoms with van der Waals surface area (Å²) in [6.07, 6.45) is 0.969. The zero-order valence-electron chi connectivity index (χ0n) is 33.7. The van der Waals surface area contributed by atoms with Crippen molar-refractivity contribution in [3.8, 4) is 0 Å². The van der Waals surface area contributed by atoms with Crippen LogP contribution in [0.25, 0.3) is 0 Å². The standard InChI is InChI=1S/C46H51ClFN5O5Si/c1-30-42(59(2,3)48)40(25-41(55)50-27-33-10-8-7-9-32(33)23-37(50)28-54)58-46(30)38-24-34(47)15-18-39(38)51(44(46)57)26-31-13-16-35(17-14-31)52-29-53(36-11-5-4-6-12-36)45(43(52)56)19-21-49-22-20-45/h4-18,24,30,37,40,42,49,54H,19-23,25-29H2,1-3H3/t30-,37+,40+,42-,46+/m1/s1. The minimum absolute atomic E-state index is 0.0874. The van der Waals surface area contributed by atoms with Gasteiger partial charge in [0.25, 0.3) is 11.8 Å². The number of nitrogens with one attached hydrogen (secondary N) is 1. The molecular formula is C46H51ClFN5O5Si. The van der Waals surface area contributed by atoms with Crippen LogP contribution in [0.5, 0.6) is 0 Å². The van der Waals surface area contributed by atoms with E-state index in [1.165, 1.54) is 0 Å². The van der Waals surface area contributed by atoms with Gasteiger partial charge < -0.3 is 34.0 Å². The van der Waals surface area contributed by atoms with Crippen molar-refractivity contribution in [2.45, 2.75) is 87.6 Å². The molecule has 13 heteroatoms. The van der Waals surface area contributed by atoms with E-state index in [-0.39, 0.29) is 37.3 Å². The molecule has 0 aromatic heterocycles. The molecule has 59 heavy (non-hydrogen) atoms. The molecular weight excluding hydrogens is 785 g/mol. The molecule has 3 saturated heterocycles. The van der Waals surface area contributed by atoms with Crippen LogP contribution in [0.2, 0.25) is 23.7 Å². The second-order valence-electron chi connectivity index (χ2n) is 17.4. The van der Waals surface area contributed by atoms with Crippen LogP contribution in [-0.4, -0.2) is 80.2 Å². The van der Waals surface area contributed by atoms with Crippen LogP contribution in [0.3, 0.4) is 0 Å². The first kappa shape index (κ1) is 39.8. The van der Waals surface area contributed by atoms with Gasteiger partial charge in [-0.1, -0.05) is 73.1 Å². The lowest BCUT2D eigenvalue weighted by molar-refractivity contribution is -0.151. The number of aliphatic hydroxyl groups is 1. The molecule has 0 bridgehead atoms. The zero-order valence-corrected chi connectivity index (χ0v) is 35.5. The van der Waals surface area contributed by atoms with E-state index in [0.717, 1.165) is 41.2 Å². The number of rotatable bonds is 8. The maximum atomic E-state index is 16.6. The Labute approximate surface area is 351 Å². The first-order valence-corrected chi connectivity index (χ1v) is 24.1. The van der Waals surface area contributed by atoms with Crippen molar-refractivity contribution in [1.29, 1.82) is 0 Å². The fourth-order valence-corrected chi connectivity index (χ4v) is 13.5. The predicted octanol–water partition coefficient (Wildman–Crippen LogP) is 6.93. The Morgan fingerprint density at radius 1 is 0.932 bits per heavy atom. The molecule has 0 unspecified atom stereocenters. The summed E-state index contributed by atoms with van der Waals surface area (Å²) in [5, 5.41) is 14.2. The number of carbonyl (C=O) groups excluding carboxylic acids is 3. The van der Waals surface area contributed by atoms with Gasteiger partial charge in [-0.25, -0.2) is 0 Å². The van der Waals surface area contributed by atoms with Crippen molar-refractivity contribution in [2.75, 3.05) is 41.1 Å². The molecule has 2 spiro atoms. The summed E-state index contributed by atoms with van der Waals surface area (Å²) in [7, 11) is -3.56. The Hall–Kier alpha value is -4.59. The lowest BCUT2D eigenvalue weighted by atomic mass is 9.82. The van der Waals surface area contributed by atoms with Gasteiger partial charge in [0, 0.05) is 40.0 Å². The van der Waals surface area contributed by atoms with E-state index in [1.807, 2.05) is 84.6 Å². The monoisotopic (exact) mass is 835 g/mol. The molecule has 0 radical (unpaired) electrons. The first-order valence-electron chi connectivity index (χ1n) is 20.8. The van der Waals surface area contributed by atoms with Crippen molar-refractivity contribution < 1.29 is 28.3 Å². The number of amides is 3. The fraction of sp³-hybridized carbons (Fsp3) is 0.413. The van der Waals surface area contributed by atoms with Crippen molar-refractivity contribution in [3.05, 3.63) is 124 Å². The average molecular weight is 836 g/mol. The van der Waals surface area contributed by atoms with E-state index >= 15 is 8.90 Å². The Morgan fingerprint density at radius 3 is 2.32 bits per heavy atom. The lowest BCUT2D eigenvalue weighted by Gasteiger charge is -2.39. The molecule has 2 N–H and O–H groups in total. The Morgan fingerprint density at radius 2 is 1.63 bits per heavy atom. The minimum Gasteiger partial charge on any atom is -0.394 e. The third kappa shape index (κ3) is 6.58. The summed E-state index contributed by atoms with van der Waals surface area (Å²) in [4.78, 5) is 51.0. The van der Waals surface area contributed by atoms with Gasteiger partial charge in [0.05, 0.1) is 44.1 Å². The fourth-order valence-electron chi connectivity index (χ4n) is 10.8. The second-order valence-corrected chi connectivity index (χ2v) is 21.7. The van der Waals surface area contributed by atoms with E-state index in [9.17, 15) is 14.7 Å². The number of anilines is 3. The largest absolute Gasteiger partial charge is 0.394 e. The Bertz CT molecular complexity index is 2270. The molecule has 4 aromatic rings. The molecule has 5 heterocycles. The molecule has 5 aliphatic heterocycles. The molecule has 10 nitrogen and oxygen atoms in total. The van der Waals surface area contributed by atoms with Crippen molar-refractivity contribution in [2.24, 2.45) is 5.92 Å². The van der Waals surface area contributed by atoms with Crippen LogP contribution in [0.1, 0.15) is 48.4 Å². The number of piperidine rings is 1. The summed E-state index contributed by atoms with van der Waals surface area (Å²) in [5.74, 6) is -1.06. The van der Waals surface area contributed by atoms with Gasteiger partial charge in [0.15, 0.2) is 5.60 Å². The first-order chi connectivity index (χ1) is 28.4. The number of fused-ring (bicyclic) bond motifs is 3. The smallest absolute Gasteiger partial charge is 0.264 e. The van der Waals surface area contributed by atoms with E-state index in [1.54, 1.807) is 35.0 Å². The van der Waals surface area contributed by atoms with E-state index in [2.05, 4.69) is 22.3 Å². The second kappa shape index (κ2) is 15.1. The quantitative estimate of drug-likeness (QED) is 0.147. The summed E-state index contributed by atoms with van der Waals surface area (Å²) >= 11 is 6.63. The Kier molecular flexibility index (Phi) is 10.2. The van der Waals surface area contributed by atoms with Crippen LogP contribution >= 0.6 is 11.6 Å². The van der Waals surface area contributed by atoms with Crippen LogP contribution in [0, 0.1) is 5.92 Å². The highest BCUT2D eigenvalue weighted by atomic mass is 35.5. The van der Waals surface area contributed by atoms with Gasteiger partial charge in [-0.2, -0.15) is 0 Å². The number of hydrogen-bond donors (Lipinski definition) is 2. The molecule has 308 valence electrons. The molecule has 5 atom stereocenters. The lowest BCUT2D eigenvalue weighted by Crippen LogP contribution is -2.55. The van der Waals surface area contributed by atoms with Crippen LogP contribution < -0.4 is 20.0 Å². The van der Waals surface area contributed by atoms with Crippen molar-refractivity contribution >= 4 is 54.8 Å². The summed E-state index contributed by atoms with van der Waals surface area (Å²) in [6.45, 7) is 7.44. The summed E-state index contributed by atoms with van der Waals surface area (Å²) < 4.78 is 23.5. The van der Waals surface area contributed by atoms with Gasteiger partial charge in [-0.15, -0.1) is 0 Å². The zero-order chi connectivity index (χ0) is 41.3. The number of nitrogens with zero attached hydrogens (tertiary/aromatic N) is 4. The van der Waals surface area contributed by atoms with E-state index < -0.39 is 43.2 Å². The third-order valence-electron chi connectivity index (χ3n) is 13.7. The average Bonchev–Trinajstić information content (AvgIpc) is 3.78. The minimum atomic E-state index is -3.56. The number of hydrogen-bond acceptors (Lipinski definition) is 7. The predicted molar refractivity (Wildman–Crippen MR) is 229 cm³/mol. The van der Waals surface area contributed by atoms with Gasteiger partial charge >= 0.3 is 0 Å². The van der Waals surface area contributed by atoms with Crippen LogP contribution in [0.4, 0.5) is 21.2 Å². The van der Waals surface area contributed by atoms with E-state index in [4.69, 9.17) is 16.3 Å². The van der Waals surface area contributed by atoms with Crippen LogP contribution in [-0.2, 0) is 44.2 Å². The normalized spacial score (nSPS) is 26.3. The highest BCUT2D eigenvalue weighted by Crippen LogP contribution is 2.60. The molecule has 5 aliphatic rings. The van der Waals surface area contributed by atoms with Crippen LogP contribution in [0.15, 0.2) is 97.1 Å². The molecule has 4 aromatic carbocycles. The van der Waals surface area contributed by atoms with Gasteiger partial charge in [0.1, 0.15) is 5.54 Å². The van der Waals surface area contributed by atoms with Gasteiger partial charge in [-0.05, 0) is 105 Å². The summed E-state index contributed by atoms with van der Waals surface area (Å²) in [5.41, 5.74) is 3.12. The number of para-hydroxylation sites is 1. The highest BCUT2D eigenvalue weighted by molar-refractivity contribution is 6.72. The number of benzene rings is 4. The third-order valence-corrected chi connectivity index (χ3v) is 16.4. The maximum absolute atomic E-state index is 16.6. The Balaban J connectivity index is 0.988.